The minimum atomic E-state index is -0.803. The van der Waals surface area contributed by atoms with Gasteiger partial charge in [0.2, 0.25) is 0 Å². The summed E-state index contributed by atoms with van der Waals surface area (Å²) in [5.41, 5.74) is 0. The van der Waals surface area contributed by atoms with Crippen LogP contribution in [-0.2, 0) is 28.6 Å². The molecule has 0 heterocycles. The van der Waals surface area contributed by atoms with Gasteiger partial charge in [-0.15, -0.1) is 0 Å². The minimum absolute atomic E-state index is 0.0956. The van der Waals surface area contributed by atoms with Crippen LogP contribution in [0.4, 0.5) is 0 Å². The molecule has 0 N–H and O–H groups in total. The van der Waals surface area contributed by atoms with Gasteiger partial charge in [-0.3, -0.25) is 14.4 Å². The van der Waals surface area contributed by atoms with Crippen molar-refractivity contribution in [3.8, 4) is 0 Å². The van der Waals surface area contributed by atoms with Gasteiger partial charge >= 0.3 is 17.9 Å². The lowest BCUT2D eigenvalue weighted by Gasteiger charge is -2.18. The zero-order chi connectivity index (χ0) is 58.5. The van der Waals surface area contributed by atoms with Gasteiger partial charge in [0.25, 0.3) is 0 Å². The van der Waals surface area contributed by atoms with E-state index in [4.69, 9.17) is 14.2 Å². The SMILES string of the molecule is CC/C=C\C/C=C\C/C=C\C/C=C\C/C=C\CCCCCCCCCCCCCCCC(=O)OCC(COC(=O)CCCCCCCCC/C=C\C/C=C\C/C=C\CC)OC(=O)CCCCCC/C=C\C/C=C\C/C=C\C/C=C\CC. The molecule has 81 heavy (non-hydrogen) atoms. The van der Waals surface area contributed by atoms with Crippen molar-refractivity contribution in [2.45, 2.75) is 297 Å². The second-order valence-electron chi connectivity index (χ2n) is 21.6. The fourth-order valence-electron chi connectivity index (χ4n) is 8.95. The lowest BCUT2D eigenvalue weighted by Crippen LogP contribution is -2.30. The summed E-state index contributed by atoms with van der Waals surface area (Å²) in [5, 5.41) is 0. The highest BCUT2D eigenvalue weighted by Crippen LogP contribution is 2.16. The molecule has 6 heteroatoms. The van der Waals surface area contributed by atoms with Gasteiger partial charge in [-0.1, -0.05) is 282 Å². The Bertz CT molecular complexity index is 1760. The van der Waals surface area contributed by atoms with E-state index in [0.717, 1.165) is 154 Å². The Labute approximate surface area is 499 Å². The predicted molar refractivity (Wildman–Crippen MR) is 352 cm³/mol. The van der Waals surface area contributed by atoms with Crippen molar-refractivity contribution in [2.75, 3.05) is 13.2 Å². The first kappa shape index (κ1) is 76.3. The Balaban J connectivity index is 4.35. The van der Waals surface area contributed by atoms with Crippen LogP contribution in [0, 0.1) is 0 Å². The summed E-state index contributed by atoms with van der Waals surface area (Å²) in [6.07, 6.45) is 97.2. The second-order valence-corrected chi connectivity index (χ2v) is 21.6. The molecule has 0 aliphatic heterocycles. The number of rotatable bonds is 59. The summed E-state index contributed by atoms with van der Waals surface area (Å²) in [5.74, 6) is -0.927. The maximum atomic E-state index is 12.9. The predicted octanol–water partition coefficient (Wildman–Crippen LogP) is 23.1. The minimum Gasteiger partial charge on any atom is -0.462 e. The number of hydrogen-bond acceptors (Lipinski definition) is 6. The molecule has 0 spiro atoms. The van der Waals surface area contributed by atoms with Crippen molar-refractivity contribution >= 4 is 17.9 Å². The van der Waals surface area contributed by atoms with E-state index in [2.05, 4.69) is 167 Å². The third-order valence-electron chi connectivity index (χ3n) is 13.8. The van der Waals surface area contributed by atoms with Crippen LogP contribution < -0.4 is 0 Å². The van der Waals surface area contributed by atoms with Crippen LogP contribution >= 0.6 is 0 Å². The molecular weight excluding hydrogens is 997 g/mol. The van der Waals surface area contributed by atoms with Crippen LogP contribution in [0.25, 0.3) is 0 Å². The molecule has 0 aromatic rings. The van der Waals surface area contributed by atoms with E-state index in [1.165, 1.54) is 96.3 Å². The van der Waals surface area contributed by atoms with Gasteiger partial charge in [0, 0.05) is 19.3 Å². The molecule has 0 aliphatic carbocycles. The van der Waals surface area contributed by atoms with E-state index in [1.807, 2.05) is 0 Å². The van der Waals surface area contributed by atoms with Crippen molar-refractivity contribution in [3.63, 3.8) is 0 Å². The number of allylic oxidation sites excluding steroid dienone is 24. The molecule has 0 aliphatic rings. The summed E-state index contributed by atoms with van der Waals surface area (Å²) in [6, 6.07) is 0. The number of unbranched alkanes of at least 4 members (excludes halogenated alkanes) is 24. The van der Waals surface area contributed by atoms with Crippen LogP contribution in [-0.4, -0.2) is 37.2 Å². The highest BCUT2D eigenvalue weighted by molar-refractivity contribution is 5.71. The Morgan fingerprint density at radius 2 is 0.444 bits per heavy atom. The zero-order valence-corrected chi connectivity index (χ0v) is 52.5. The smallest absolute Gasteiger partial charge is 0.306 e. The standard InChI is InChI=1S/C75H122O6/c1-4-7-10-13-16-19-22-25-28-31-32-33-34-35-36-37-38-39-40-41-42-45-47-50-53-56-59-62-65-68-74(77)80-71-72(81-75(78)69-66-63-60-57-54-51-48-44-30-27-24-21-18-15-12-9-6-3)70-79-73(76)67-64-61-58-55-52-49-46-43-29-26-23-20-17-14-11-8-5-2/h7-12,16-21,25-30,32-33,35-36,48,51,72H,4-6,13-15,22-24,31,34,37-47,49-50,52-71H2,1-3H3/b10-7-,11-8-,12-9-,19-16-,20-17-,21-18-,28-25-,29-26-,30-27-,33-32-,36-35-,51-48-. The molecule has 458 valence electrons. The Morgan fingerprint density at radius 3 is 0.691 bits per heavy atom. The average molecular weight is 1120 g/mol. The monoisotopic (exact) mass is 1120 g/mol. The fraction of sp³-hybridized carbons (Fsp3) is 0.640. The molecule has 1 unspecified atom stereocenters. The first-order valence-corrected chi connectivity index (χ1v) is 33.3. The lowest BCUT2D eigenvalue weighted by atomic mass is 10.0. The maximum Gasteiger partial charge on any atom is 0.306 e. The summed E-state index contributed by atoms with van der Waals surface area (Å²) >= 11 is 0. The van der Waals surface area contributed by atoms with E-state index in [0.29, 0.717) is 19.3 Å². The number of ether oxygens (including phenoxy) is 3. The Morgan fingerprint density at radius 1 is 0.247 bits per heavy atom. The van der Waals surface area contributed by atoms with Crippen LogP contribution in [0.2, 0.25) is 0 Å². The van der Waals surface area contributed by atoms with Gasteiger partial charge in [-0.25, -0.2) is 0 Å². The molecular formula is C75H122O6. The van der Waals surface area contributed by atoms with Gasteiger partial charge < -0.3 is 14.2 Å². The van der Waals surface area contributed by atoms with Crippen LogP contribution in [0.3, 0.4) is 0 Å². The lowest BCUT2D eigenvalue weighted by molar-refractivity contribution is -0.167. The van der Waals surface area contributed by atoms with Crippen LogP contribution in [0.1, 0.15) is 290 Å². The summed E-state index contributed by atoms with van der Waals surface area (Å²) < 4.78 is 16.9. The van der Waals surface area contributed by atoms with Gasteiger partial charge in [-0.05, 0) is 135 Å². The molecule has 0 rings (SSSR count). The Kier molecular flexibility index (Phi) is 63.9. The molecule has 0 bridgehead atoms. The first-order valence-electron chi connectivity index (χ1n) is 33.3. The van der Waals surface area contributed by atoms with Crippen LogP contribution in [0.15, 0.2) is 146 Å². The fourth-order valence-corrected chi connectivity index (χ4v) is 8.95. The summed E-state index contributed by atoms with van der Waals surface area (Å²) in [6.45, 7) is 6.29. The topological polar surface area (TPSA) is 78.9 Å². The number of esters is 3. The Hall–Kier alpha value is -4.71. The summed E-state index contributed by atoms with van der Waals surface area (Å²) in [4.78, 5) is 38.4. The highest BCUT2D eigenvalue weighted by Gasteiger charge is 2.19. The van der Waals surface area contributed by atoms with Gasteiger partial charge in [0.1, 0.15) is 13.2 Å². The number of carbonyl (C=O) groups excluding carboxylic acids is 3. The molecule has 0 aromatic heterocycles. The quantitative estimate of drug-likeness (QED) is 0.0261. The number of carbonyl (C=O) groups is 3. The third kappa shape index (κ3) is 66.0. The molecule has 6 nitrogen and oxygen atoms in total. The highest BCUT2D eigenvalue weighted by atomic mass is 16.6. The number of hydrogen-bond donors (Lipinski definition) is 0. The van der Waals surface area contributed by atoms with Crippen molar-refractivity contribution in [3.05, 3.63) is 146 Å². The largest absolute Gasteiger partial charge is 0.462 e. The van der Waals surface area contributed by atoms with Gasteiger partial charge in [0.05, 0.1) is 0 Å². The van der Waals surface area contributed by atoms with Crippen molar-refractivity contribution in [1.82, 2.24) is 0 Å². The van der Waals surface area contributed by atoms with Crippen molar-refractivity contribution in [1.29, 1.82) is 0 Å². The van der Waals surface area contributed by atoms with E-state index in [-0.39, 0.29) is 31.1 Å². The van der Waals surface area contributed by atoms with E-state index >= 15 is 0 Å². The normalized spacial score (nSPS) is 13.1. The van der Waals surface area contributed by atoms with E-state index in [1.54, 1.807) is 0 Å². The second kappa shape index (κ2) is 67.8. The zero-order valence-electron chi connectivity index (χ0n) is 52.5. The molecule has 1 atom stereocenters. The van der Waals surface area contributed by atoms with E-state index in [9.17, 15) is 14.4 Å². The molecule has 0 saturated heterocycles. The molecule has 0 fully saturated rings. The average Bonchev–Trinajstić information content (AvgIpc) is 3.47. The van der Waals surface area contributed by atoms with Crippen molar-refractivity contribution < 1.29 is 28.6 Å². The third-order valence-corrected chi connectivity index (χ3v) is 13.8. The van der Waals surface area contributed by atoms with Gasteiger partial charge in [-0.2, -0.15) is 0 Å². The van der Waals surface area contributed by atoms with Gasteiger partial charge in [0.15, 0.2) is 6.10 Å². The molecule has 0 aromatic carbocycles. The van der Waals surface area contributed by atoms with Crippen LogP contribution in [0.5, 0.6) is 0 Å². The van der Waals surface area contributed by atoms with Crippen molar-refractivity contribution in [2.24, 2.45) is 0 Å². The maximum absolute atomic E-state index is 12.9. The van der Waals surface area contributed by atoms with E-state index < -0.39 is 6.10 Å². The summed E-state index contributed by atoms with van der Waals surface area (Å²) in [7, 11) is 0. The molecule has 0 amide bonds. The first-order chi connectivity index (χ1) is 40.0. The molecule has 0 saturated carbocycles. The molecule has 0 radical (unpaired) electrons.